The molecule has 12 heteroatoms. The van der Waals surface area contributed by atoms with E-state index in [9.17, 15) is 41.4 Å². The maximum atomic E-state index is 12.5. The van der Waals surface area contributed by atoms with Gasteiger partial charge in [-0.05, 0) is 12.8 Å². The Kier molecular flexibility index (Phi) is 9.30. The van der Waals surface area contributed by atoms with Gasteiger partial charge in [0.2, 0.25) is 0 Å². The molecule has 4 unspecified atom stereocenters. The van der Waals surface area contributed by atoms with Crippen molar-refractivity contribution in [1.82, 2.24) is 0 Å². The van der Waals surface area contributed by atoms with Gasteiger partial charge in [0.15, 0.2) is 6.29 Å². The Morgan fingerprint density at radius 1 is 0.962 bits per heavy atom. The van der Waals surface area contributed by atoms with Gasteiger partial charge in [0.25, 0.3) is 6.10 Å². The first kappa shape index (κ1) is 24.9. The Balaban J connectivity index is 5.30. The first-order valence-corrected chi connectivity index (χ1v) is 7.51. The van der Waals surface area contributed by atoms with Gasteiger partial charge in [0, 0.05) is 6.92 Å². The van der Waals surface area contributed by atoms with E-state index in [0.29, 0.717) is 0 Å². The van der Waals surface area contributed by atoms with Crippen LogP contribution in [0.2, 0.25) is 0 Å². The van der Waals surface area contributed by atoms with Crippen LogP contribution in [0.25, 0.3) is 0 Å². The molecule has 0 aliphatic rings. The quantitative estimate of drug-likeness (QED) is 0.351. The van der Waals surface area contributed by atoms with Gasteiger partial charge >= 0.3 is 18.3 Å². The van der Waals surface area contributed by atoms with Crippen LogP contribution in [0.5, 0.6) is 0 Å². The first-order chi connectivity index (χ1) is 11.6. The highest BCUT2D eigenvalue weighted by molar-refractivity contribution is 5.65. The molecule has 0 radical (unpaired) electrons. The fourth-order valence-electron chi connectivity index (χ4n) is 1.80. The number of aliphatic hydroxyl groups excluding tert-OH is 2. The standard InChI is InChI=1S/C14H22F6O6/c1-6(2)10(25-9(7(3)21)5-24-8(4)22)11(23)26-12(13(15,16)17)14(18,19)20/h6-7,9-12,21,23H,5H2,1-4H3. The van der Waals surface area contributed by atoms with Gasteiger partial charge in [0.05, 0.1) is 6.10 Å². The highest BCUT2D eigenvalue weighted by atomic mass is 19.4. The Bertz CT molecular complexity index is 423. The number of hydrogen-bond acceptors (Lipinski definition) is 6. The summed E-state index contributed by atoms with van der Waals surface area (Å²) < 4.78 is 88.9. The Labute approximate surface area is 146 Å². The highest BCUT2D eigenvalue weighted by Gasteiger charge is 2.59. The zero-order valence-corrected chi connectivity index (χ0v) is 14.5. The third kappa shape index (κ3) is 8.52. The third-order valence-electron chi connectivity index (χ3n) is 3.13. The number of carbonyl (C=O) groups excluding carboxylic acids is 1. The average molecular weight is 400 g/mol. The van der Waals surface area contributed by atoms with Crippen LogP contribution in [0.3, 0.4) is 0 Å². The fraction of sp³-hybridized carbons (Fsp3) is 0.929. The van der Waals surface area contributed by atoms with E-state index in [1.807, 2.05) is 0 Å². The van der Waals surface area contributed by atoms with Crippen LogP contribution in [-0.4, -0.2) is 65.8 Å². The van der Waals surface area contributed by atoms with Crippen molar-refractivity contribution in [3.05, 3.63) is 0 Å². The van der Waals surface area contributed by atoms with E-state index in [1.165, 1.54) is 20.8 Å². The summed E-state index contributed by atoms with van der Waals surface area (Å²) in [5, 5.41) is 19.3. The predicted octanol–water partition coefficient (Wildman–Crippen LogP) is 2.17. The molecule has 0 aromatic rings. The van der Waals surface area contributed by atoms with Gasteiger partial charge in [-0.3, -0.25) is 4.79 Å². The van der Waals surface area contributed by atoms with Gasteiger partial charge in [-0.2, -0.15) is 26.3 Å². The summed E-state index contributed by atoms with van der Waals surface area (Å²) in [4.78, 5) is 10.8. The van der Waals surface area contributed by atoms with Crippen LogP contribution >= 0.6 is 0 Å². The molecule has 0 aromatic heterocycles. The number of aliphatic hydroxyl groups is 2. The number of hydrogen-bond donors (Lipinski definition) is 2. The van der Waals surface area contributed by atoms with Crippen molar-refractivity contribution in [2.45, 2.75) is 70.8 Å². The van der Waals surface area contributed by atoms with Crippen molar-refractivity contribution in [3.8, 4) is 0 Å². The zero-order chi connectivity index (χ0) is 20.9. The molecule has 0 fully saturated rings. The lowest BCUT2D eigenvalue weighted by molar-refractivity contribution is -0.362. The lowest BCUT2D eigenvalue weighted by Crippen LogP contribution is -2.51. The second kappa shape index (κ2) is 9.72. The molecule has 0 saturated heterocycles. The van der Waals surface area contributed by atoms with Crippen LogP contribution in [0.15, 0.2) is 0 Å². The van der Waals surface area contributed by atoms with Gasteiger partial charge < -0.3 is 24.4 Å². The molecule has 156 valence electrons. The lowest BCUT2D eigenvalue weighted by Gasteiger charge is -2.34. The molecular formula is C14H22F6O6. The predicted molar refractivity (Wildman–Crippen MR) is 74.8 cm³/mol. The molecule has 0 amide bonds. The molecule has 0 rings (SSSR count). The maximum absolute atomic E-state index is 12.5. The molecule has 0 aliphatic heterocycles. The number of rotatable bonds is 9. The third-order valence-corrected chi connectivity index (χ3v) is 3.13. The Morgan fingerprint density at radius 2 is 1.42 bits per heavy atom. The minimum absolute atomic E-state index is 0.523. The highest BCUT2D eigenvalue weighted by Crippen LogP contribution is 2.37. The van der Waals surface area contributed by atoms with Crippen molar-refractivity contribution in [1.29, 1.82) is 0 Å². The lowest BCUT2D eigenvalue weighted by atomic mass is 10.1. The molecule has 6 nitrogen and oxygen atoms in total. The van der Waals surface area contributed by atoms with E-state index < -0.39 is 61.6 Å². The van der Waals surface area contributed by atoms with Crippen LogP contribution in [0, 0.1) is 5.92 Å². The van der Waals surface area contributed by atoms with Crippen molar-refractivity contribution in [2.75, 3.05) is 6.61 Å². The molecule has 0 saturated carbocycles. The molecule has 0 aliphatic carbocycles. The Hall–Kier alpha value is -1.11. The van der Waals surface area contributed by atoms with Gasteiger partial charge in [0.1, 0.15) is 18.8 Å². The minimum Gasteiger partial charge on any atom is -0.463 e. The maximum Gasteiger partial charge on any atom is 0.423 e. The number of ether oxygens (including phenoxy) is 3. The smallest absolute Gasteiger partial charge is 0.423 e. The van der Waals surface area contributed by atoms with Crippen molar-refractivity contribution in [2.24, 2.45) is 5.92 Å². The average Bonchev–Trinajstić information content (AvgIpc) is 2.40. The summed E-state index contributed by atoms with van der Waals surface area (Å²) in [6, 6.07) is 0. The summed E-state index contributed by atoms with van der Waals surface area (Å²) >= 11 is 0. The van der Waals surface area contributed by atoms with E-state index in [4.69, 9.17) is 4.74 Å². The topological polar surface area (TPSA) is 85.2 Å². The van der Waals surface area contributed by atoms with Crippen LogP contribution < -0.4 is 0 Å². The van der Waals surface area contributed by atoms with Gasteiger partial charge in [-0.15, -0.1) is 0 Å². The van der Waals surface area contributed by atoms with Crippen molar-refractivity contribution >= 4 is 5.97 Å². The first-order valence-electron chi connectivity index (χ1n) is 7.51. The molecule has 2 N–H and O–H groups in total. The van der Waals surface area contributed by atoms with E-state index >= 15 is 0 Å². The molecular weight excluding hydrogens is 378 g/mol. The minimum atomic E-state index is -5.80. The fourth-order valence-corrected chi connectivity index (χ4v) is 1.80. The van der Waals surface area contributed by atoms with Crippen LogP contribution in [0.1, 0.15) is 27.7 Å². The molecule has 26 heavy (non-hydrogen) atoms. The summed E-state index contributed by atoms with van der Waals surface area (Å²) in [7, 11) is 0. The molecule has 0 aromatic carbocycles. The molecule has 0 spiro atoms. The number of carbonyl (C=O) groups is 1. The zero-order valence-electron chi connectivity index (χ0n) is 14.5. The second-order valence-corrected chi connectivity index (χ2v) is 5.92. The number of esters is 1. The normalized spacial score (nSPS) is 17.9. The van der Waals surface area contributed by atoms with Gasteiger partial charge in [-0.1, -0.05) is 13.8 Å². The van der Waals surface area contributed by atoms with Crippen LogP contribution in [0.4, 0.5) is 26.3 Å². The summed E-state index contributed by atoms with van der Waals surface area (Å²) in [5.41, 5.74) is 0. The largest absolute Gasteiger partial charge is 0.463 e. The number of halogens is 6. The van der Waals surface area contributed by atoms with Crippen molar-refractivity contribution < 1.29 is 55.6 Å². The van der Waals surface area contributed by atoms with E-state index in [-0.39, 0.29) is 0 Å². The van der Waals surface area contributed by atoms with Crippen molar-refractivity contribution in [3.63, 3.8) is 0 Å². The summed E-state index contributed by atoms with van der Waals surface area (Å²) in [6.07, 6.45) is -22.7. The monoisotopic (exact) mass is 400 g/mol. The van der Waals surface area contributed by atoms with E-state index in [0.717, 1.165) is 6.92 Å². The Morgan fingerprint density at radius 3 is 1.73 bits per heavy atom. The summed E-state index contributed by atoms with van der Waals surface area (Å²) in [5.74, 6) is -1.54. The number of alkyl halides is 6. The summed E-state index contributed by atoms with van der Waals surface area (Å²) in [6.45, 7) is 4.42. The van der Waals surface area contributed by atoms with E-state index in [1.54, 1.807) is 0 Å². The van der Waals surface area contributed by atoms with Gasteiger partial charge in [-0.25, -0.2) is 0 Å². The molecule has 4 atom stereocenters. The van der Waals surface area contributed by atoms with E-state index in [2.05, 4.69) is 9.47 Å². The molecule has 0 bridgehead atoms. The van der Waals surface area contributed by atoms with Crippen LogP contribution in [-0.2, 0) is 19.0 Å². The second-order valence-electron chi connectivity index (χ2n) is 5.92. The SMILES string of the molecule is CC(=O)OCC(OC(C(C)C)C(O)OC(C(F)(F)F)C(F)(F)F)C(C)O. The molecule has 0 heterocycles.